The first-order valence-corrected chi connectivity index (χ1v) is 7.01. The molecule has 1 fully saturated rings. The van der Waals surface area contributed by atoms with Crippen LogP contribution in [0.1, 0.15) is 55.5 Å². The summed E-state index contributed by atoms with van der Waals surface area (Å²) in [5.74, 6) is 7.23. The summed E-state index contributed by atoms with van der Waals surface area (Å²) in [5, 5.41) is 0. The van der Waals surface area contributed by atoms with Gasteiger partial charge in [-0.2, -0.15) is 0 Å². The number of hydrazine groups is 1. The summed E-state index contributed by atoms with van der Waals surface area (Å²) in [5.41, 5.74) is 6.59. The third-order valence-corrected chi connectivity index (χ3v) is 4.18. The Morgan fingerprint density at radius 1 is 1.39 bits per heavy atom. The lowest BCUT2D eigenvalue weighted by Crippen LogP contribution is -2.36. The summed E-state index contributed by atoms with van der Waals surface area (Å²) in [6, 6.07) is 2.40. The van der Waals surface area contributed by atoms with Crippen molar-refractivity contribution >= 4 is 0 Å². The summed E-state index contributed by atoms with van der Waals surface area (Å²) in [6.45, 7) is 6.55. The molecule has 0 bridgehead atoms. The molecular formula is C15H25N3. The third kappa shape index (κ3) is 2.90. The zero-order chi connectivity index (χ0) is 13.1. The van der Waals surface area contributed by atoms with Gasteiger partial charge < -0.3 is 0 Å². The van der Waals surface area contributed by atoms with E-state index in [0.29, 0.717) is 5.92 Å². The van der Waals surface area contributed by atoms with Gasteiger partial charge in [0, 0.05) is 6.20 Å². The second kappa shape index (κ2) is 5.81. The average Bonchev–Trinajstić information content (AvgIpc) is 2.33. The number of rotatable bonds is 3. The quantitative estimate of drug-likeness (QED) is 0.637. The fourth-order valence-corrected chi connectivity index (χ4v) is 3.27. The molecule has 18 heavy (non-hydrogen) atoms. The summed E-state index contributed by atoms with van der Waals surface area (Å²) in [6.07, 6.45) is 7.13. The lowest BCUT2D eigenvalue weighted by molar-refractivity contribution is 0.221. The molecule has 3 N–H and O–H groups in total. The molecule has 0 spiro atoms. The monoisotopic (exact) mass is 247 g/mol. The molecule has 1 aliphatic carbocycles. The third-order valence-electron chi connectivity index (χ3n) is 4.18. The Bertz CT molecular complexity index is 403. The lowest BCUT2D eigenvalue weighted by Gasteiger charge is -2.33. The molecule has 1 heterocycles. The van der Waals surface area contributed by atoms with Crippen molar-refractivity contribution in [2.24, 2.45) is 17.7 Å². The molecule has 0 amide bonds. The Balaban J connectivity index is 2.21. The molecule has 3 atom stereocenters. The van der Waals surface area contributed by atoms with E-state index in [0.717, 1.165) is 11.6 Å². The van der Waals surface area contributed by atoms with E-state index in [1.807, 2.05) is 6.20 Å². The number of nitrogens with zero attached hydrogens (tertiary/aromatic N) is 1. The van der Waals surface area contributed by atoms with Gasteiger partial charge in [0.1, 0.15) is 0 Å². The average molecular weight is 247 g/mol. The molecule has 1 aromatic rings. The topological polar surface area (TPSA) is 50.9 Å². The van der Waals surface area contributed by atoms with Crippen molar-refractivity contribution in [2.45, 2.75) is 52.5 Å². The van der Waals surface area contributed by atoms with E-state index in [9.17, 15) is 0 Å². The second-order valence-corrected chi connectivity index (χ2v) is 5.89. The van der Waals surface area contributed by atoms with Crippen molar-refractivity contribution < 1.29 is 0 Å². The van der Waals surface area contributed by atoms with E-state index in [2.05, 4.69) is 37.2 Å². The number of aromatic nitrogens is 1. The molecule has 3 unspecified atom stereocenters. The van der Waals surface area contributed by atoms with E-state index in [4.69, 9.17) is 5.84 Å². The van der Waals surface area contributed by atoms with Crippen LogP contribution in [0.2, 0.25) is 0 Å². The highest BCUT2D eigenvalue weighted by atomic mass is 15.2. The number of pyridine rings is 1. The summed E-state index contributed by atoms with van der Waals surface area (Å²) in [4.78, 5) is 4.61. The molecule has 3 heteroatoms. The van der Waals surface area contributed by atoms with E-state index in [-0.39, 0.29) is 6.04 Å². The molecule has 0 aliphatic heterocycles. The normalized spacial score (nSPS) is 26.0. The Kier molecular flexibility index (Phi) is 4.36. The second-order valence-electron chi connectivity index (χ2n) is 5.89. The van der Waals surface area contributed by atoms with Crippen molar-refractivity contribution in [3.05, 3.63) is 29.1 Å². The number of nitrogens with one attached hydrogen (secondary N) is 1. The summed E-state index contributed by atoms with van der Waals surface area (Å²) < 4.78 is 0. The van der Waals surface area contributed by atoms with Crippen molar-refractivity contribution in [3.8, 4) is 0 Å². The van der Waals surface area contributed by atoms with Crippen molar-refractivity contribution in [1.29, 1.82) is 0 Å². The molecule has 1 aliphatic rings. The van der Waals surface area contributed by atoms with E-state index in [1.165, 1.54) is 36.8 Å². The molecule has 0 radical (unpaired) electrons. The summed E-state index contributed by atoms with van der Waals surface area (Å²) >= 11 is 0. The predicted molar refractivity (Wildman–Crippen MR) is 74.9 cm³/mol. The minimum atomic E-state index is 0.202. The first kappa shape index (κ1) is 13.5. The molecular weight excluding hydrogens is 222 g/mol. The van der Waals surface area contributed by atoms with Crippen molar-refractivity contribution in [1.82, 2.24) is 10.4 Å². The molecule has 3 nitrogen and oxygen atoms in total. The SMILES string of the molecule is Cc1cnc(C(NN)C2CCCC(C)C2)c(C)c1. The van der Waals surface area contributed by atoms with Crippen molar-refractivity contribution in [2.75, 3.05) is 0 Å². The molecule has 100 valence electrons. The molecule has 2 rings (SSSR count). The van der Waals surface area contributed by atoms with Crippen molar-refractivity contribution in [3.63, 3.8) is 0 Å². The van der Waals surface area contributed by atoms with Crippen LogP contribution in [0.5, 0.6) is 0 Å². The fraction of sp³-hybridized carbons (Fsp3) is 0.667. The lowest BCUT2D eigenvalue weighted by atomic mass is 9.77. The van der Waals surface area contributed by atoms with E-state index < -0.39 is 0 Å². The predicted octanol–water partition coefficient (Wildman–Crippen LogP) is 3.03. The van der Waals surface area contributed by atoms with Gasteiger partial charge in [-0.1, -0.05) is 25.8 Å². The smallest absolute Gasteiger partial charge is 0.0663 e. The van der Waals surface area contributed by atoms with Crippen LogP contribution in [0.15, 0.2) is 12.3 Å². The number of hydrogen-bond donors (Lipinski definition) is 2. The zero-order valence-electron chi connectivity index (χ0n) is 11.7. The highest BCUT2D eigenvalue weighted by Gasteiger charge is 2.28. The molecule has 1 aromatic heterocycles. The van der Waals surface area contributed by atoms with Gasteiger partial charge in [-0.15, -0.1) is 0 Å². The minimum absolute atomic E-state index is 0.202. The van der Waals surface area contributed by atoms with Gasteiger partial charge in [0.15, 0.2) is 0 Å². The fourth-order valence-electron chi connectivity index (χ4n) is 3.27. The van der Waals surface area contributed by atoms with Crippen LogP contribution >= 0.6 is 0 Å². The van der Waals surface area contributed by atoms with Gasteiger partial charge in [-0.25, -0.2) is 0 Å². The van der Waals surface area contributed by atoms with Crippen LogP contribution in [-0.4, -0.2) is 4.98 Å². The van der Waals surface area contributed by atoms with Gasteiger partial charge >= 0.3 is 0 Å². The highest BCUT2D eigenvalue weighted by Crippen LogP contribution is 2.36. The van der Waals surface area contributed by atoms with Crippen LogP contribution in [0.4, 0.5) is 0 Å². The number of aryl methyl sites for hydroxylation is 2. The Morgan fingerprint density at radius 2 is 2.17 bits per heavy atom. The number of hydrogen-bond acceptors (Lipinski definition) is 3. The first-order chi connectivity index (χ1) is 8.61. The zero-order valence-corrected chi connectivity index (χ0v) is 11.7. The molecule has 0 aromatic carbocycles. The Morgan fingerprint density at radius 3 is 2.78 bits per heavy atom. The maximum Gasteiger partial charge on any atom is 0.0663 e. The standard InChI is InChI=1S/C15H25N3/c1-10-5-4-6-13(8-10)15(18-16)14-12(3)7-11(2)9-17-14/h7,9-10,13,15,18H,4-6,8,16H2,1-3H3. The van der Waals surface area contributed by atoms with Crippen LogP contribution in [0.3, 0.4) is 0 Å². The maximum atomic E-state index is 5.80. The van der Waals surface area contributed by atoms with Gasteiger partial charge in [-0.05, 0) is 49.7 Å². The first-order valence-electron chi connectivity index (χ1n) is 7.01. The van der Waals surface area contributed by atoms with E-state index >= 15 is 0 Å². The van der Waals surface area contributed by atoms with Crippen LogP contribution < -0.4 is 11.3 Å². The van der Waals surface area contributed by atoms with Crippen LogP contribution in [0, 0.1) is 25.7 Å². The van der Waals surface area contributed by atoms with Gasteiger partial charge in [0.2, 0.25) is 0 Å². The highest BCUT2D eigenvalue weighted by molar-refractivity contribution is 5.26. The Labute approximate surface area is 110 Å². The van der Waals surface area contributed by atoms with Crippen LogP contribution in [-0.2, 0) is 0 Å². The van der Waals surface area contributed by atoms with Gasteiger partial charge in [-0.3, -0.25) is 16.3 Å². The summed E-state index contributed by atoms with van der Waals surface area (Å²) in [7, 11) is 0. The van der Waals surface area contributed by atoms with Gasteiger partial charge in [0.05, 0.1) is 11.7 Å². The van der Waals surface area contributed by atoms with Crippen LogP contribution in [0.25, 0.3) is 0 Å². The molecule has 1 saturated carbocycles. The molecule has 0 saturated heterocycles. The van der Waals surface area contributed by atoms with E-state index in [1.54, 1.807) is 0 Å². The Hall–Kier alpha value is -0.930. The van der Waals surface area contributed by atoms with Gasteiger partial charge in [0.25, 0.3) is 0 Å². The number of nitrogens with two attached hydrogens (primary N) is 1. The minimum Gasteiger partial charge on any atom is -0.271 e. The largest absolute Gasteiger partial charge is 0.271 e. The maximum absolute atomic E-state index is 5.80.